The Kier molecular flexibility index (Phi) is 9.70. The Morgan fingerprint density at radius 1 is 1.21 bits per heavy atom. The Bertz CT molecular complexity index is 923. The first kappa shape index (κ1) is 25.2. The maximum Gasteiger partial charge on any atom is 0.348 e. The van der Waals surface area contributed by atoms with Gasteiger partial charge < -0.3 is 14.7 Å². The van der Waals surface area contributed by atoms with Gasteiger partial charge in [-0.25, -0.2) is 4.79 Å². The Morgan fingerprint density at radius 2 is 2.00 bits per heavy atom. The summed E-state index contributed by atoms with van der Waals surface area (Å²) in [5.41, 5.74) is 1.33. The van der Waals surface area contributed by atoms with Crippen molar-refractivity contribution in [3.8, 4) is 0 Å². The number of carbonyl (C=O) groups excluding carboxylic acids is 2. The minimum Gasteiger partial charge on any atom is -0.465 e. The summed E-state index contributed by atoms with van der Waals surface area (Å²) in [6.45, 7) is 2.77. The van der Waals surface area contributed by atoms with Gasteiger partial charge in [-0.05, 0) is 62.1 Å². The van der Waals surface area contributed by atoms with Crippen LogP contribution < -0.4 is 0 Å². The molecule has 0 aliphatic carbocycles. The molecule has 0 spiro atoms. The van der Waals surface area contributed by atoms with Crippen LogP contribution in [0.3, 0.4) is 0 Å². The van der Waals surface area contributed by atoms with Crippen LogP contribution in [0.1, 0.15) is 59.1 Å². The van der Waals surface area contributed by atoms with Crippen LogP contribution in [-0.4, -0.2) is 47.7 Å². The van der Waals surface area contributed by atoms with Crippen molar-refractivity contribution in [3.05, 3.63) is 69.9 Å². The number of aliphatic hydroxyl groups excluding tert-OH is 1. The van der Waals surface area contributed by atoms with Crippen molar-refractivity contribution < 1.29 is 19.4 Å². The Morgan fingerprint density at radius 3 is 2.76 bits per heavy atom. The summed E-state index contributed by atoms with van der Waals surface area (Å²) in [7, 11) is 1.39. The zero-order chi connectivity index (χ0) is 23.6. The van der Waals surface area contributed by atoms with Crippen LogP contribution >= 0.6 is 11.3 Å². The first-order chi connectivity index (χ1) is 16.0. The molecule has 2 heterocycles. The van der Waals surface area contributed by atoms with Gasteiger partial charge in [0.05, 0.1) is 19.3 Å². The molecule has 1 fully saturated rings. The standard InChI is InChI=1S/C27H35NO4S/c1-20(8-6-11-21-9-4-3-5-10-21)24(29)16-13-22-14-18-26(30)28(22)19-7-12-23-15-17-25(33-23)27(31)32-2/h3-5,9-10,13,15-17,20,22,24,29H,6-8,11-12,14,18-19H2,1-2H3/t20-,22?,24+/m0/s1. The van der Waals surface area contributed by atoms with E-state index in [2.05, 4.69) is 31.2 Å². The van der Waals surface area contributed by atoms with E-state index in [9.17, 15) is 14.7 Å². The number of amides is 1. The number of likely N-dealkylation sites (tertiary alicyclic amines) is 1. The van der Waals surface area contributed by atoms with E-state index in [1.54, 1.807) is 6.07 Å². The fourth-order valence-electron chi connectivity index (χ4n) is 4.27. The predicted octanol–water partition coefficient (Wildman–Crippen LogP) is 5.03. The van der Waals surface area contributed by atoms with E-state index in [-0.39, 0.29) is 23.8 Å². The number of rotatable bonds is 12. The highest BCUT2D eigenvalue weighted by molar-refractivity contribution is 7.13. The van der Waals surface area contributed by atoms with Gasteiger partial charge in [0.15, 0.2) is 0 Å². The molecule has 1 aromatic heterocycles. The number of carbonyl (C=O) groups is 2. The minimum absolute atomic E-state index is 0.0534. The number of hydrogen-bond acceptors (Lipinski definition) is 5. The lowest BCUT2D eigenvalue weighted by atomic mass is 9.95. The van der Waals surface area contributed by atoms with Gasteiger partial charge in [-0.1, -0.05) is 49.4 Å². The number of aliphatic hydroxyl groups is 1. The summed E-state index contributed by atoms with van der Waals surface area (Å²) in [5, 5.41) is 10.6. The number of benzene rings is 1. The van der Waals surface area contributed by atoms with Gasteiger partial charge in [0.2, 0.25) is 5.91 Å². The van der Waals surface area contributed by atoms with Crippen molar-refractivity contribution in [3.63, 3.8) is 0 Å². The second-order valence-electron chi connectivity index (χ2n) is 8.78. The Hall–Kier alpha value is -2.44. The quantitative estimate of drug-likeness (QED) is 0.350. The predicted molar refractivity (Wildman–Crippen MR) is 132 cm³/mol. The summed E-state index contributed by atoms with van der Waals surface area (Å²) in [5.74, 6) is 0.0499. The van der Waals surface area contributed by atoms with E-state index in [0.717, 1.165) is 43.4 Å². The third-order valence-corrected chi connectivity index (χ3v) is 7.45. The van der Waals surface area contributed by atoms with Gasteiger partial charge >= 0.3 is 5.97 Å². The van der Waals surface area contributed by atoms with Crippen molar-refractivity contribution in [1.29, 1.82) is 0 Å². The second kappa shape index (κ2) is 12.7. The molecule has 1 aromatic carbocycles. The third-order valence-electron chi connectivity index (χ3n) is 6.33. The van der Waals surface area contributed by atoms with Gasteiger partial charge in [0.1, 0.15) is 4.88 Å². The largest absolute Gasteiger partial charge is 0.465 e. The number of methoxy groups -OCH3 is 1. The molecule has 3 rings (SSSR count). The van der Waals surface area contributed by atoms with E-state index in [1.165, 1.54) is 24.0 Å². The van der Waals surface area contributed by atoms with Gasteiger partial charge in [-0.15, -0.1) is 11.3 Å². The van der Waals surface area contributed by atoms with Crippen LogP contribution in [-0.2, 0) is 22.4 Å². The smallest absolute Gasteiger partial charge is 0.348 e. The van der Waals surface area contributed by atoms with E-state index in [0.29, 0.717) is 17.8 Å². The molecular formula is C27H35NO4S. The highest BCUT2D eigenvalue weighted by Crippen LogP contribution is 2.23. The molecular weight excluding hydrogens is 434 g/mol. The lowest BCUT2D eigenvalue weighted by Gasteiger charge is -2.23. The fraction of sp³-hybridized carbons (Fsp3) is 0.481. The van der Waals surface area contributed by atoms with Crippen molar-refractivity contribution in [2.45, 2.75) is 64.0 Å². The molecule has 178 valence electrons. The SMILES string of the molecule is COC(=O)c1ccc(CCCN2C(=O)CCC2C=C[C@@H](O)[C@@H](C)CCCc2ccccc2)s1. The highest BCUT2D eigenvalue weighted by Gasteiger charge is 2.28. The van der Waals surface area contributed by atoms with E-state index in [4.69, 9.17) is 4.74 Å². The molecule has 1 aliphatic rings. The lowest BCUT2D eigenvalue weighted by molar-refractivity contribution is -0.128. The normalized spacial score (nSPS) is 18.1. The zero-order valence-corrected chi connectivity index (χ0v) is 20.4. The summed E-state index contributed by atoms with van der Waals surface area (Å²) in [6, 6.07) is 14.2. The van der Waals surface area contributed by atoms with E-state index >= 15 is 0 Å². The molecule has 3 atom stereocenters. The number of ether oxygens (including phenoxy) is 1. The van der Waals surface area contributed by atoms with Gasteiger partial charge in [-0.3, -0.25) is 4.79 Å². The molecule has 1 amide bonds. The molecule has 33 heavy (non-hydrogen) atoms. The summed E-state index contributed by atoms with van der Waals surface area (Å²) < 4.78 is 4.76. The van der Waals surface area contributed by atoms with Crippen molar-refractivity contribution in [2.24, 2.45) is 5.92 Å². The highest BCUT2D eigenvalue weighted by atomic mass is 32.1. The average Bonchev–Trinajstić information content (AvgIpc) is 3.44. The van der Waals surface area contributed by atoms with E-state index < -0.39 is 6.10 Å². The Labute approximate surface area is 201 Å². The van der Waals surface area contributed by atoms with Crippen molar-refractivity contribution in [1.82, 2.24) is 4.90 Å². The molecule has 0 saturated carbocycles. The van der Waals surface area contributed by atoms with Crippen molar-refractivity contribution in [2.75, 3.05) is 13.7 Å². The summed E-state index contributed by atoms with van der Waals surface area (Å²) in [4.78, 5) is 27.6. The zero-order valence-electron chi connectivity index (χ0n) is 19.6. The molecule has 0 radical (unpaired) electrons. The molecule has 5 nitrogen and oxygen atoms in total. The van der Waals surface area contributed by atoms with Gasteiger partial charge in [-0.2, -0.15) is 0 Å². The first-order valence-electron chi connectivity index (χ1n) is 11.8. The monoisotopic (exact) mass is 469 g/mol. The average molecular weight is 470 g/mol. The molecule has 1 unspecified atom stereocenters. The van der Waals surface area contributed by atoms with Crippen LogP contribution in [0.2, 0.25) is 0 Å². The molecule has 1 N–H and O–H groups in total. The van der Waals surface area contributed by atoms with Crippen molar-refractivity contribution >= 4 is 23.2 Å². The van der Waals surface area contributed by atoms with Crippen LogP contribution in [0.5, 0.6) is 0 Å². The molecule has 1 saturated heterocycles. The summed E-state index contributed by atoms with van der Waals surface area (Å²) >= 11 is 1.45. The second-order valence-corrected chi connectivity index (χ2v) is 9.95. The van der Waals surface area contributed by atoms with Crippen LogP contribution in [0.25, 0.3) is 0 Å². The minimum atomic E-state index is -0.499. The third kappa shape index (κ3) is 7.54. The maximum absolute atomic E-state index is 12.4. The van der Waals surface area contributed by atoms with Crippen LogP contribution in [0.4, 0.5) is 0 Å². The number of aryl methyl sites for hydroxylation is 2. The molecule has 1 aliphatic heterocycles. The number of hydrogen-bond donors (Lipinski definition) is 1. The van der Waals surface area contributed by atoms with Crippen LogP contribution in [0, 0.1) is 5.92 Å². The topological polar surface area (TPSA) is 66.8 Å². The molecule has 2 aromatic rings. The number of esters is 1. The number of nitrogens with zero attached hydrogens (tertiary/aromatic N) is 1. The first-order valence-corrected chi connectivity index (χ1v) is 12.7. The van der Waals surface area contributed by atoms with Gasteiger partial charge in [0, 0.05) is 17.8 Å². The lowest BCUT2D eigenvalue weighted by Crippen LogP contribution is -2.33. The van der Waals surface area contributed by atoms with Crippen LogP contribution in [0.15, 0.2) is 54.6 Å². The summed E-state index contributed by atoms with van der Waals surface area (Å²) in [6.07, 6.45) is 9.46. The molecule has 6 heteroatoms. The fourth-order valence-corrected chi connectivity index (χ4v) is 5.24. The number of thiophene rings is 1. The van der Waals surface area contributed by atoms with E-state index in [1.807, 2.05) is 29.2 Å². The maximum atomic E-state index is 12.4. The Balaban J connectivity index is 1.43. The van der Waals surface area contributed by atoms with Gasteiger partial charge in [0.25, 0.3) is 0 Å². The molecule has 0 bridgehead atoms.